The molecule has 2 fully saturated rings. The number of amides is 1. The third-order valence-corrected chi connectivity index (χ3v) is 6.59. The Balaban J connectivity index is 1.62. The van der Waals surface area contributed by atoms with Gasteiger partial charge in [0, 0.05) is 18.2 Å². The molecule has 1 N–H and O–H groups in total. The highest BCUT2D eigenvalue weighted by Crippen LogP contribution is 2.29. The lowest BCUT2D eigenvalue weighted by Gasteiger charge is -2.27. The van der Waals surface area contributed by atoms with E-state index in [1.54, 1.807) is 25.1 Å². The summed E-state index contributed by atoms with van der Waals surface area (Å²) in [5.74, 6) is -0.358. The van der Waals surface area contributed by atoms with Crippen molar-refractivity contribution in [2.75, 3.05) is 18.1 Å². The van der Waals surface area contributed by atoms with E-state index in [1.165, 1.54) is 6.07 Å². The van der Waals surface area contributed by atoms with Crippen LogP contribution in [0.2, 0.25) is 0 Å². The minimum atomic E-state index is -3.06. The maximum absolute atomic E-state index is 13.9. The first kappa shape index (κ1) is 17.4. The Morgan fingerprint density at radius 3 is 2.67 bits per heavy atom. The zero-order chi connectivity index (χ0) is 17.4. The van der Waals surface area contributed by atoms with Gasteiger partial charge in [-0.05, 0) is 32.3 Å². The minimum Gasteiger partial charge on any atom is -0.349 e. The van der Waals surface area contributed by atoms with Crippen molar-refractivity contribution in [1.29, 1.82) is 0 Å². The molecule has 1 amide bonds. The Morgan fingerprint density at radius 2 is 2.08 bits per heavy atom. The SMILES string of the molecule is C[C@]1(NC(=O)CN(Cc2ccccc2F)C2CC2)CCS(=O)(=O)C1. The van der Waals surface area contributed by atoms with Gasteiger partial charge in [0.15, 0.2) is 9.84 Å². The predicted octanol–water partition coefficient (Wildman–Crippen LogP) is 1.48. The van der Waals surface area contributed by atoms with Crippen LogP contribution in [0.3, 0.4) is 0 Å². The van der Waals surface area contributed by atoms with Crippen molar-refractivity contribution in [3.05, 3.63) is 35.6 Å². The summed E-state index contributed by atoms with van der Waals surface area (Å²) in [6.07, 6.45) is 2.46. The molecule has 1 atom stereocenters. The molecule has 0 unspecified atom stereocenters. The molecule has 1 heterocycles. The van der Waals surface area contributed by atoms with Crippen molar-refractivity contribution in [3.8, 4) is 0 Å². The summed E-state index contributed by atoms with van der Waals surface area (Å²) in [7, 11) is -3.06. The molecule has 7 heteroatoms. The van der Waals surface area contributed by atoms with Gasteiger partial charge in [0.05, 0.1) is 23.6 Å². The number of sulfone groups is 1. The maximum Gasteiger partial charge on any atom is 0.234 e. The van der Waals surface area contributed by atoms with Crippen LogP contribution in [-0.4, -0.2) is 48.9 Å². The molecule has 1 aliphatic heterocycles. The number of nitrogens with zero attached hydrogens (tertiary/aromatic N) is 1. The third-order valence-electron chi connectivity index (χ3n) is 4.69. The number of benzene rings is 1. The summed E-state index contributed by atoms with van der Waals surface area (Å²) < 4.78 is 37.1. The summed E-state index contributed by atoms with van der Waals surface area (Å²) in [6, 6.07) is 6.89. The molecule has 1 aliphatic carbocycles. The van der Waals surface area contributed by atoms with Gasteiger partial charge in [-0.15, -0.1) is 0 Å². The van der Waals surface area contributed by atoms with Crippen molar-refractivity contribution in [2.45, 2.75) is 44.3 Å². The van der Waals surface area contributed by atoms with Gasteiger partial charge >= 0.3 is 0 Å². The molecular formula is C17H23FN2O3S. The van der Waals surface area contributed by atoms with Gasteiger partial charge in [0.25, 0.3) is 0 Å². The molecule has 24 heavy (non-hydrogen) atoms. The van der Waals surface area contributed by atoms with Crippen molar-refractivity contribution in [1.82, 2.24) is 10.2 Å². The van der Waals surface area contributed by atoms with Crippen LogP contribution >= 0.6 is 0 Å². The van der Waals surface area contributed by atoms with Crippen LogP contribution in [0.1, 0.15) is 31.7 Å². The highest BCUT2D eigenvalue weighted by Gasteiger charge is 2.40. The van der Waals surface area contributed by atoms with E-state index in [-0.39, 0.29) is 29.8 Å². The topological polar surface area (TPSA) is 66.5 Å². The van der Waals surface area contributed by atoms with Gasteiger partial charge < -0.3 is 5.32 Å². The average molecular weight is 354 g/mol. The first-order chi connectivity index (χ1) is 11.3. The van der Waals surface area contributed by atoms with Gasteiger partial charge in [-0.1, -0.05) is 18.2 Å². The second-order valence-electron chi connectivity index (χ2n) is 7.18. The van der Waals surface area contributed by atoms with Crippen LogP contribution in [0.4, 0.5) is 4.39 Å². The van der Waals surface area contributed by atoms with Crippen LogP contribution in [0.25, 0.3) is 0 Å². The smallest absolute Gasteiger partial charge is 0.234 e. The predicted molar refractivity (Wildman–Crippen MR) is 89.7 cm³/mol. The Hall–Kier alpha value is -1.47. The van der Waals surface area contributed by atoms with Crippen LogP contribution in [0.15, 0.2) is 24.3 Å². The van der Waals surface area contributed by atoms with Gasteiger partial charge in [0.2, 0.25) is 5.91 Å². The monoisotopic (exact) mass is 354 g/mol. The van der Waals surface area contributed by atoms with E-state index in [2.05, 4.69) is 5.32 Å². The lowest BCUT2D eigenvalue weighted by Crippen LogP contribution is -2.50. The highest BCUT2D eigenvalue weighted by atomic mass is 32.2. The molecule has 1 saturated heterocycles. The lowest BCUT2D eigenvalue weighted by molar-refractivity contribution is -0.124. The van der Waals surface area contributed by atoms with Crippen LogP contribution < -0.4 is 5.32 Å². The second-order valence-corrected chi connectivity index (χ2v) is 9.36. The zero-order valence-electron chi connectivity index (χ0n) is 13.8. The number of halogens is 1. The van der Waals surface area contributed by atoms with Crippen molar-refractivity contribution < 1.29 is 17.6 Å². The van der Waals surface area contributed by atoms with E-state index in [0.29, 0.717) is 24.6 Å². The Bertz CT molecular complexity index is 733. The van der Waals surface area contributed by atoms with Crippen LogP contribution in [0, 0.1) is 5.82 Å². The van der Waals surface area contributed by atoms with E-state index < -0.39 is 15.4 Å². The standard InChI is InChI=1S/C17H23FN2O3S/c1-17(8-9-24(22,23)12-17)19-16(21)11-20(14-6-7-14)10-13-4-2-3-5-15(13)18/h2-5,14H,6-12H2,1H3,(H,19,21)/t17-/m0/s1. The first-order valence-electron chi connectivity index (χ1n) is 8.25. The number of carbonyl (C=O) groups excluding carboxylic acids is 1. The van der Waals surface area contributed by atoms with Crippen LogP contribution in [-0.2, 0) is 21.2 Å². The second kappa shape index (κ2) is 6.44. The lowest BCUT2D eigenvalue weighted by atomic mass is 10.0. The van der Waals surface area contributed by atoms with Crippen LogP contribution in [0.5, 0.6) is 0 Å². The van der Waals surface area contributed by atoms with Crippen molar-refractivity contribution in [3.63, 3.8) is 0 Å². The number of rotatable bonds is 6. The first-order valence-corrected chi connectivity index (χ1v) is 10.1. The van der Waals surface area contributed by atoms with Crippen molar-refractivity contribution in [2.24, 2.45) is 0 Å². The molecule has 132 valence electrons. The minimum absolute atomic E-state index is 0.0114. The van der Waals surface area contributed by atoms with E-state index in [0.717, 1.165) is 12.8 Å². The zero-order valence-corrected chi connectivity index (χ0v) is 14.6. The molecule has 1 aromatic rings. The van der Waals surface area contributed by atoms with Gasteiger partial charge in [-0.25, -0.2) is 12.8 Å². The molecule has 5 nitrogen and oxygen atoms in total. The van der Waals surface area contributed by atoms with E-state index >= 15 is 0 Å². The molecular weight excluding hydrogens is 331 g/mol. The highest BCUT2D eigenvalue weighted by molar-refractivity contribution is 7.91. The number of hydrogen-bond acceptors (Lipinski definition) is 4. The van der Waals surface area contributed by atoms with Gasteiger partial charge in [0.1, 0.15) is 5.82 Å². The largest absolute Gasteiger partial charge is 0.349 e. The molecule has 0 aromatic heterocycles. The molecule has 1 saturated carbocycles. The fraction of sp³-hybridized carbons (Fsp3) is 0.588. The fourth-order valence-electron chi connectivity index (χ4n) is 3.27. The molecule has 0 bridgehead atoms. The summed E-state index contributed by atoms with van der Waals surface area (Å²) in [5.41, 5.74) is -0.116. The summed E-state index contributed by atoms with van der Waals surface area (Å²) in [6.45, 7) is 2.32. The quantitative estimate of drug-likeness (QED) is 0.840. The van der Waals surface area contributed by atoms with Gasteiger partial charge in [-0.2, -0.15) is 0 Å². The molecule has 0 spiro atoms. The van der Waals surface area contributed by atoms with Crippen molar-refractivity contribution >= 4 is 15.7 Å². The Morgan fingerprint density at radius 1 is 1.38 bits per heavy atom. The molecule has 1 aromatic carbocycles. The average Bonchev–Trinajstić information content (AvgIpc) is 3.27. The van der Waals surface area contributed by atoms with E-state index in [9.17, 15) is 17.6 Å². The van der Waals surface area contributed by atoms with E-state index in [4.69, 9.17) is 0 Å². The fourth-order valence-corrected chi connectivity index (χ4v) is 5.36. The third kappa shape index (κ3) is 4.33. The summed E-state index contributed by atoms with van der Waals surface area (Å²) in [4.78, 5) is 14.4. The number of nitrogens with one attached hydrogen (secondary N) is 1. The molecule has 2 aliphatic rings. The Kier molecular flexibility index (Phi) is 4.66. The maximum atomic E-state index is 13.9. The molecule has 0 radical (unpaired) electrons. The van der Waals surface area contributed by atoms with Gasteiger partial charge in [-0.3, -0.25) is 9.69 Å². The summed E-state index contributed by atoms with van der Waals surface area (Å²) in [5, 5.41) is 2.87. The van der Waals surface area contributed by atoms with E-state index in [1.807, 2.05) is 4.90 Å². The summed E-state index contributed by atoms with van der Waals surface area (Å²) >= 11 is 0. The number of carbonyl (C=O) groups is 1. The number of hydrogen-bond donors (Lipinski definition) is 1. The Labute approximate surface area is 142 Å². The normalized spacial score (nSPS) is 25.8. The molecule has 3 rings (SSSR count).